The van der Waals surface area contributed by atoms with Gasteiger partial charge in [-0.1, -0.05) is 6.07 Å². The number of rotatable bonds is 5. The normalized spacial score (nSPS) is 13.9. The van der Waals surface area contributed by atoms with Crippen molar-refractivity contribution < 1.29 is 14.7 Å². The number of hydrogen-bond acceptors (Lipinski definition) is 5. The average molecular weight is 370 g/mol. The van der Waals surface area contributed by atoms with E-state index in [4.69, 9.17) is 0 Å². The molecule has 7 nitrogen and oxygen atoms in total. The van der Waals surface area contributed by atoms with Gasteiger partial charge in [0.15, 0.2) is 5.65 Å². The lowest BCUT2D eigenvalue weighted by molar-refractivity contribution is -0.137. The molecule has 26 heavy (non-hydrogen) atoms. The highest BCUT2D eigenvalue weighted by Crippen LogP contribution is 2.33. The van der Waals surface area contributed by atoms with Crippen LogP contribution in [0.4, 0.5) is 0 Å². The zero-order valence-electron chi connectivity index (χ0n) is 14.5. The van der Waals surface area contributed by atoms with Gasteiger partial charge < -0.3 is 10.0 Å². The molecular formula is C18H18N4O3S. The van der Waals surface area contributed by atoms with Crippen molar-refractivity contribution in [3.63, 3.8) is 0 Å². The van der Waals surface area contributed by atoms with E-state index in [0.717, 1.165) is 17.7 Å². The Morgan fingerprint density at radius 2 is 2.19 bits per heavy atom. The molecular weight excluding hydrogens is 352 g/mol. The lowest BCUT2D eigenvalue weighted by Gasteiger charge is -2.21. The van der Waals surface area contributed by atoms with Crippen molar-refractivity contribution in [3.8, 4) is 10.6 Å². The number of aromatic nitrogens is 3. The maximum absolute atomic E-state index is 13.3. The summed E-state index contributed by atoms with van der Waals surface area (Å²) in [6.45, 7) is 1.55. The van der Waals surface area contributed by atoms with Gasteiger partial charge in [-0.25, -0.2) is 4.98 Å². The number of aryl methyl sites for hydroxylation is 2. The van der Waals surface area contributed by atoms with Gasteiger partial charge in [0, 0.05) is 13.1 Å². The number of carboxylic acid groups (broad SMARTS) is 1. The van der Waals surface area contributed by atoms with Gasteiger partial charge in [-0.15, -0.1) is 11.3 Å². The molecule has 0 atom stereocenters. The summed E-state index contributed by atoms with van der Waals surface area (Å²) >= 11 is 1.54. The predicted molar refractivity (Wildman–Crippen MR) is 98.3 cm³/mol. The zero-order chi connectivity index (χ0) is 18.4. The van der Waals surface area contributed by atoms with Crippen LogP contribution in [0.15, 0.2) is 23.6 Å². The number of nitrogens with zero attached hydrogens (tertiary/aromatic N) is 4. The molecule has 3 aromatic rings. The van der Waals surface area contributed by atoms with Crippen molar-refractivity contribution in [2.75, 3.05) is 6.54 Å². The molecule has 0 radical (unpaired) electrons. The van der Waals surface area contributed by atoms with Crippen molar-refractivity contribution >= 4 is 34.2 Å². The maximum Gasteiger partial charge on any atom is 0.323 e. The Morgan fingerprint density at radius 3 is 2.81 bits per heavy atom. The average Bonchev–Trinajstić information content (AvgIpc) is 3.21. The minimum atomic E-state index is -1.00. The van der Waals surface area contributed by atoms with Crippen LogP contribution in [-0.4, -0.2) is 49.2 Å². The summed E-state index contributed by atoms with van der Waals surface area (Å²) in [4.78, 5) is 31.6. The van der Waals surface area contributed by atoms with Gasteiger partial charge in [-0.3, -0.25) is 14.3 Å². The molecule has 8 heteroatoms. The topological polar surface area (TPSA) is 88.3 Å². The van der Waals surface area contributed by atoms with E-state index in [0.29, 0.717) is 28.0 Å². The fourth-order valence-corrected chi connectivity index (χ4v) is 3.90. The Labute approximate surface area is 153 Å². The summed E-state index contributed by atoms with van der Waals surface area (Å²) in [5.41, 5.74) is 2.51. The van der Waals surface area contributed by atoms with Crippen LogP contribution < -0.4 is 0 Å². The number of hydrogen-bond donors (Lipinski definition) is 1. The minimum absolute atomic E-state index is 0.00369. The molecule has 1 saturated carbocycles. The first-order valence-corrected chi connectivity index (χ1v) is 9.24. The highest BCUT2D eigenvalue weighted by Gasteiger charge is 2.35. The number of carboxylic acids is 1. The summed E-state index contributed by atoms with van der Waals surface area (Å²) in [6.07, 6.45) is 1.69. The van der Waals surface area contributed by atoms with Crippen molar-refractivity contribution in [1.82, 2.24) is 19.7 Å². The molecule has 0 aliphatic heterocycles. The number of carbonyl (C=O) groups excluding carboxylic acids is 1. The van der Waals surface area contributed by atoms with Gasteiger partial charge in [0.25, 0.3) is 5.91 Å². The second-order valence-electron chi connectivity index (χ2n) is 6.50. The zero-order valence-corrected chi connectivity index (χ0v) is 15.3. The fourth-order valence-electron chi connectivity index (χ4n) is 3.22. The highest BCUT2D eigenvalue weighted by atomic mass is 32.1. The molecule has 1 aliphatic carbocycles. The third-order valence-corrected chi connectivity index (χ3v) is 5.42. The van der Waals surface area contributed by atoms with E-state index in [1.165, 1.54) is 4.90 Å². The van der Waals surface area contributed by atoms with E-state index < -0.39 is 5.97 Å². The smallest absolute Gasteiger partial charge is 0.323 e. The van der Waals surface area contributed by atoms with Crippen LogP contribution in [0.2, 0.25) is 0 Å². The Hall–Kier alpha value is -2.74. The van der Waals surface area contributed by atoms with E-state index in [9.17, 15) is 14.7 Å². The lowest BCUT2D eigenvalue weighted by Crippen LogP contribution is -2.37. The number of fused-ring (bicyclic) bond motifs is 1. The largest absolute Gasteiger partial charge is 0.480 e. The predicted octanol–water partition coefficient (Wildman–Crippen LogP) is 2.69. The van der Waals surface area contributed by atoms with Gasteiger partial charge in [0.2, 0.25) is 0 Å². The molecule has 1 N–H and O–H groups in total. The second-order valence-corrected chi connectivity index (χ2v) is 7.45. The van der Waals surface area contributed by atoms with Crippen LogP contribution in [0, 0.1) is 6.92 Å². The van der Waals surface area contributed by atoms with Crippen molar-refractivity contribution in [3.05, 3.63) is 34.8 Å². The Balaban J connectivity index is 1.89. The van der Waals surface area contributed by atoms with E-state index in [2.05, 4.69) is 10.1 Å². The molecule has 0 saturated heterocycles. The third-order valence-electron chi connectivity index (χ3n) is 4.53. The molecule has 3 aromatic heterocycles. The van der Waals surface area contributed by atoms with Crippen LogP contribution in [0.5, 0.6) is 0 Å². The molecule has 1 fully saturated rings. The maximum atomic E-state index is 13.3. The third kappa shape index (κ3) is 2.86. The first kappa shape index (κ1) is 16.7. The number of amides is 1. The van der Waals surface area contributed by atoms with Gasteiger partial charge in [0.1, 0.15) is 6.54 Å². The second kappa shape index (κ2) is 6.21. The first-order chi connectivity index (χ1) is 12.5. The van der Waals surface area contributed by atoms with E-state index in [1.54, 1.807) is 29.1 Å². The molecule has 134 valence electrons. The summed E-state index contributed by atoms with van der Waals surface area (Å²) in [5, 5.41) is 16.3. The van der Waals surface area contributed by atoms with E-state index in [1.807, 2.05) is 24.4 Å². The van der Waals surface area contributed by atoms with Gasteiger partial charge >= 0.3 is 5.97 Å². The summed E-state index contributed by atoms with van der Waals surface area (Å²) in [5.74, 6) is -1.27. The molecule has 3 heterocycles. The van der Waals surface area contributed by atoms with E-state index >= 15 is 0 Å². The van der Waals surface area contributed by atoms with Crippen LogP contribution >= 0.6 is 11.3 Å². The Kier molecular flexibility index (Phi) is 3.99. The van der Waals surface area contributed by atoms with Crippen molar-refractivity contribution in [1.29, 1.82) is 0 Å². The Morgan fingerprint density at radius 1 is 1.42 bits per heavy atom. The molecule has 0 spiro atoms. The summed E-state index contributed by atoms with van der Waals surface area (Å²) in [7, 11) is 1.80. The minimum Gasteiger partial charge on any atom is -0.480 e. The summed E-state index contributed by atoms with van der Waals surface area (Å²) < 4.78 is 1.66. The number of pyridine rings is 1. The van der Waals surface area contributed by atoms with Crippen molar-refractivity contribution in [2.45, 2.75) is 25.8 Å². The first-order valence-electron chi connectivity index (χ1n) is 8.36. The standard InChI is InChI=1S/C18H18N4O3S/c1-10-16-12(18(25)22(9-15(23)24)11-5-6-11)8-13(14-4-3-7-26-14)19-17(16)21(2)20-10/h3-4,7-8,11H,5-6,9H2,1-2H3,(H,23,24). The van der Waals surface area contributed by atoms with E-state index in [-0.39, 0.29) is 18.5 Å². The molecule has 4 rings (SSSR count). The van der Waals surface area contributed by atoms with Gasteiger partial charge in [-0.05, 0) is 37.3 Å². The van der Waals surface area contributed by atoms with Crippen molar-refractivity contribution in [2.24, 2.45) is 7.05 Å². The van der Waals surface area contributed by atoms with Crippen LogP contribution in [0.3, 0.4) is 0 Å². The molecule has 1 amide bonds. The van der Waals surface area contributed by atoms with Gasteiger partial charge in [-0.2, -0.15) is 5.10 Å². The lowest BCUT2D eigenvalue weighted by atomic mass is 10.1. The van der Waals surface area contributed by atoms with Gasteiger partial charge in [0.05, 0.1) is 27.2 Å². The molecule has 1 aliphatic rings. The molecule has 0 unspecified atom stereocenters. The quantitative estimate of drug-likeness (QED) is 0.746. The van der Waals surface area contributed by atoms with Crippen LogP contribution in [0.1, 0.15) is 28.9 Å². The summed E-state index contributed by atoms with van der Waals surface area (Å²) in [6, 6.07) is 5.65. The molecule has 0 bridgehead atoms. The van der Waals surface area contributed by atoms with Crippen LogP contribution in [0.25, 0.3) is 21.6 Å². The monoisotopic (exact) mass is 370 g/mol. The number of thiophene rings is 1. The molecule has 0 aromatic carbocycles. The SMILES string of the molecule is Cc1nn(C)c2nc(-c3cccs3)cc(C(=O)N(CC(=O)O)C3CC3)c12. The number of aliphatic carboxylic acids is 1. The fraction of sp³-hybridized carbons (Fsp3) is 0.333. The van der Waals surface area contributed by atoms with Crippen LogP contribution in [-0.2, 0) is 11.8 Å². The number of carbonyl (C=O) groups is 2. The highest BCUT2D eigenvalue weighted by molar-refractivity contribution is 7.13. The Bertz CT molecular complexity index is 1010.